The molecule has 0 aliphatic carbocycles. The van der Waals surface area contributed by atoms with Crippen molar-refractivity contribution in [1.82, 2.24) is 5.16 Å². The molecule has 5 nitrogen and oxygen atoms in total. The van der Waals surface area contributed by atoms with Crippen LogP contribution in [-0.2, 0) is 4.79 Å². The lowest BCUT2D eigenvalue weighted by Gasteiger charge is -2.07. The summed E-state index contributed by atoms with van der Waals surface area (Å²) in [4.78, 5) is 12.0. The number of hydrogen-bond donors (Lipinski definition) is 1. The minimum Gasteiger partial charge on any atom is -0.483 e. The van der Waals surface area contributed by atoms with Gasteiger partial charge in [-0.05, 0) is 30.7 Å². The number of anilines is 1. The van der Waals surface area contributed by atoms with Crippen molar-refractivity contribution >= 4 is 27.7 Å². The van der Waals surface area contributed by atoms with Crippen LogP contribution in [-0.4, -0.2) is 17.7 Å². The van der Waals surface area contributed by atoms with Crippen LogP contribution in [0.15, 0.2) is 63.6 Å². The molecule has 0 fully saturated rings. The zero-order valence-electron chi connectivity index (χ0n) is 13.0. The summed E-state index contributed by atoms with van der Waals surface area (Å²) in [6, 6.07) is 16.9. The number of nitrogens with one attached hydrogen (secondary N) is 1. The lowest BCUT2D eigenvalue weighted by Crippen LogP contribution is -2.20. The van der Waals surface area contributed by atoms with Gasteiger partial charge in [0, 0.05) is 16.1 Å². The minimum absolute atomic E-state index is 0.0980. The van der Waals surface area contributed by atoms with Gasteiger partial charge in [0.25, 0.3) is 5.91 Å². The first-order valence-electron chi connectivity index (χ1n) is 7.33. The molecule has 3 rings (SSSR count). The second-order valence-corrected chi connectivity index (χ2v) is 6.10. The maximum absolute atomic E-state index is 12.0. The summed E-state index contributed by atoms with van der Waals surface area (Å²) in [6.07, 6.45) is 0. The van der Waals surface area contributed by atoms with Crippen LogP contribution >= 0.6 is 15.9 Å². The third kappa shape index (κ3) is 4.02. The zero-order chi connectivity index (χ0) is 16.9. The summed E-state index contributed by atoms with van der Waals surface area (Å²) in [5, 5.41) is 6.59. The van der Waals surface area contributed by atoms with Gasteiger partial charge in [-0.3, -0.25) is 10.1 Å². The molecule has 0 spiro atoms. The van der Waals surface area contributed by atoms with Crippen LogP contribution in [0.3, 0.4) is 0 Å². The Labute approximate surface area is 147 Å². The third-order valence-electron chi connectivity index (χ3n) is 3.37. The molecule has 1 aromatic heterocycles. The monoisotopic (exact) mass is 386 g/mol. The van der Waals surface area contributed by atoms with Crippen molar-refractivity contribution in [3.63, 3.8) is 0 Å². The topological polar surface area (TPSA) is 64.4 Å². The molecule has 0 saturated carbocycles. The van der Waals surface area contributed by atoms with Gasteiger partial charge in [-0.1, -0.05) is 51.4 Å². The fraction of sp³-hybridized carbons (Fsp3) is 0.111. The molecule has 24 heavy (non-hydrogen) atoms. The Kier molecular flexibility index (Phi) is 4.96. The van der Waals surface area contributed by atoms with E-state index in [4.69, 9.17) is 9.26 Å². The maximum atomic E-state index is 12.0. The third-order valence-corrected chi connectivity index (χ3v) is 3.89. The Balaban J connectivity index is 1.59. The van der Waals surface area contributed by atoms with Crippen LogP contribution < -0.4 is 10.1 Å². The molecule has 122 valence electrons. The SMILES string of the molecule is Cc1ccccc1OCC(=O)Nc1cc(-c2ccc(Br)cc2)no1. The Morgan fingerprint density at radius 1 is 1.21 bits per heavy atom. The molecule has 0 radical (unpaired) electrons. The molecule has 0 unspecified atom stereocenters. The zero-order valence-corrected chi connectivity index (χ0v) is 14.5. The molecule has 0 aliphatic rings. The predicted molar refractivity (Wildman–Crippen MR) is 94.9 cm³/mol. The molecule has 1 amide bonds. The normalized spacial score (nSPS) is 10.4. The molecule has 0 aliphatic heterocycles. The van der Waals surface area contributed by atoms with E-state index in [-0.39, 0.29) is 18.4 Å². The number of nitrogens with zero attached hydrogens (tertiary/aromatic N) is 1. The fourth-order valence-electron chi connectivity index (χ4n) is 2.13. The van der Waals surface area contributed by atoms with Crippen LogP contribution in [0.5, 0.6) is 5.75 Å². The number of ether oxygens (including phenoxy) is 1. The highest BCUT2D eigenvalue weighted by atomic mass is 79.9. The van der Waals surface area contributed by atoms with E-state index in [0.717, 1.165) is 15.6 Å². The molecule has 3 aromatic rings. The van der Waals surface area contributed by atoms with E-state index in [1.165, 1.54) is 0 Å². The first-order chi connectivity index (χ1) is 11.6. The van der Waals surface area contributed by atoms with Gasteiger partial charge in [0.2, 0.25) is 5.88 Å². The number of amides is 1. The van der Waals surface area contributed by atoms with Crippen LogP contribution in [0, 0.1) is 6.92 Å². The second kappa shape index (κ2) is 7.31. The van der Waals surface area contributed by atoms with Crippen molar-refractivity contribution in [3.8, 4) is 17.0 Å². The van der Waals surface area contributed by atoms with Crippen LogP contribution in [0.1, 0.15) is 5.56 Å². The Morgan fingerprint density at radius 2 is 1.96 bits per heavy atom. The van der Waals surface area contributed by atoms with E-state index < -0.39 is 0 Å². The highest BCUT2D eigenvalue weighted by Gasteiger charge is 2.10. The van der Waals surface area contributed by atoms with Gasteiger partial charge in [-0.25, -0.2) is 0 Å². The number of aryl methyl sites for hydroxylation is 1. The van der Waals surface area contributed by atoms with Crippen LogP contribution in [0.4, 0.5) is 5.88 Å². The van der Waals surface area contributed by atoms with Gasteiger partial charge in [-0.15, -0.1) is 0 Å². The minimum atomic E-state index is -0.309. The van der Waals surface area contributed by atoms with Crippen molar-refractivity contribution in [2.75, 3.05) is 11.9 Å². The van der Waals surface area contributed by atoms with E-state index in [1.54, 1.807) is 6.07 Å². The summed E-state index contributed by atoms with van der Waals surface area (Å²) < 4.78 is 11.6. The lowest BCUT2D eigenvalue weighted by molar-refractivity contribution is -0.118. The molecule has 6 heteroatoms. The number of rotatable bonds is 5. The van der Waals surface area contributed by atoms with Crippen molar-refractivity contribution in [1.29, 1.82) is 0 Å². The number of carbonyl (C=O) groups excluding carboxylic acids is 1. The van der Waals surface area contributed by atoms with E-state index >= 15 is 0 Å². The first-order valence-corrected chi connectivity index (χ1v) is 8.12. The first kappa shape index (κ1) is 16.3. The van der Waals surface area contributed by atoms with Crippen molar-refractivity contribution < 1.29 is 14.1 Å². The smallest absolute Gasteiger partial charge is 0.264 e. The van der Waals surface area contributed by atoms with E-state index in [2.05, 4.69) is 26.4 Å². The molecule has 0 bridgehead atoms. The molecule has 0 atom stereocenters. The van der Waals surface area contributed by atoms with Crippen molar-refractivity contribution in [3.05, 3.63) is 64.6 Å². The van der Waals surface area contributed by atoms with Gasteiger partial charge in [0.1, 0.15) is 11.4 Å². The summed E-state index contributed by atoms with van der Waals surface area (Å²) >= 11 is 3.38. The molecule has 0 saturated heterocycles. The van der Waals surface area contributed by atoms with Crippen molar-refractivity contribution in [2.45, 2.75) is 6.92 Å². The van der Waals surface area contributed by atoms with Gasteiger partial charge < -0.3 is 9.26 Å². The summed E-state index contributed by atoms with van der Waals surface area (Å²) in [6.45, 7) is 1.83. The average molecular weight is 387 g/mol. The van der Waals surface area contributed by atoms with Gasteiger partial charge in [0.15, 0.2) is 6.61 Å². The number of para-hydroxylation sites is 1. The van der Waals surface area contributed by atoms with E-state index in [0.29, 0.717) is 11.4 Å². The molecule has 1 N–H and O–H groups in total. The molecular formula is C18H15BrN2O3. The Hall–Kier alpha value is -2.60. The van der Waals surface area contributed by atoms with Gasteiger partial charge in [0.05, 0.1) is 0 Å². The highest BCUT2D eigenvalue weighted by Crippen LogP contribution is 2.23. The Bertz CT molecular complexity index is 843. The number of hydrogen-bond acceptors (Lipinski definition) is 4. The fourth-order valence-corrected chi connectivity index (χ4v) is 2.39. The quantitative estimate of drug-likeness (QED) is 0.704. The number of benzene rings is 2. The number of aromatic nitrogens is 1. The van der Waals surface area contributed by atoms with E-state index in [9.17, 15) is 4.79 Å². The highest BCUT2D eigenvalue weighted by molar-refractivity contribution is 9.10. The number of carbonyl (C=O) groups is 1. The standard InChI is InChI=1S/C18H15BrN2O3/c1-12-4-2-3-5-16(12)23-11-17(22)20-18-10-15(21-24-18)13-6-8-14(19)9-7-13/h2-10H,11H2,1H3,(H,20,22). The Morgan fingerprint density at radius 3 is 2.71 bits per heavy atom. The summed E-state index contributed by atoms with van der Waals surface area (Å²) in [5.74, 6) is 0.656. The van der Waals surface area contributed by atoms with Gasteiger partial charge >= 0.3 is 0 Å². The summed E-state index contributed by atoms with van der Waals surface area (Å²) in [7, 11) is 0. The second-order valence-electron chi connectivity index (χ2n) is 5.19. The maximum Gasteiger partial charge on any atom is 0.264 e. The molecular weight excluding hydrogens is 372 g/mol. The van der Waals surface area contributed by atoms with Crippen molar-refractivity contribution in [2.24, 2.45) is 0 Å². The predicted octanol–water partition coefficient (Wildman–Crippen LogP) is 4.43. The average Bonchev–Trinajstić information content (AvgIpc) is 3.03. The summed E-state index contributed by atoms with van der Waals surface area (Å²) in [5.41, 5.74) is 2.53. The molecule has 1 heterocycles. The van der Waals surface area contributed by atoms with Crippen LogP contribution in [0.25, 0.3) is 11.3 Å². The molecule has 2 aromatic carbocycles. The van der Waals surface area contributed by atoms with E-state index in [1.807, 2.05) is 55.5 Å². The van der Waals surface area contributed by atoms with Crippen LogP contribution in [0.2, 0.25) is 0 Å². The lowest BCUT2D eigenvalue weighted by atomic mass is 10.1. The number of halogens is 1. The largest absolute Gasteiger partial charge is 0.483 e. The van der Waals surface area contributed by atoms with Gasteiger partial charge in [-0.2, -0.15) is 0 Å².